The summed E-state index contributed by atoms with van der Waals surface area (Å²) >= 11 is 16.1. The van der Waals surface area contributed by atoms with Gasteiger partial charge in [-0.05, 0) is 0 Å². The van der Waals surface area contributed by atoms with Crippen LogP contribution in [-0.2, 0) is 25.6 Å². The maximum Gasteiger partial charge on any atom is 0.234 e. The van der Waals surface area contributed by atoms with Crippen molar-refractivity contribution < 1.29 is 3.39 Å². The first-order chi connectivity index (χ1) is 2.64. The Morgan fingerprint density at radius 3 is 1.50 bits per heavy atom. The van der Waals surface area contributed by atoms with Crippen LogP contribution in [0.1, 0.15) is 0 Å². The van der Waals surface area contributed by atoms with Crippen LogP contribution in [0.4, 0.5) is 0 Å². The number of thiol groups is 2. The summed E-state index contributed by atoms with van der Waals surface area (Å²) in [5.41, 5.74) is 0. The van der Waals surface area contributed by atoms with Gasteiger partial charge in [0.15, 0.2) is 0 Å². The van der Waals surface area contributed by atoms with Gasteiger partial charge in [-0.25, -0.2) is 0 Å². The third kappa shape index (κ3) is 3.02. The minimum atomic E-state index is 0.361. The second-order valence-electron chi connectivity index (χ2n) is 0.557. The zero-order chi connectivity index (χ0) is 5.15. The monoisotopic (exact) mass is 156 g/mol. The summed E-state index contributed by atoms with van der Waals surface area (Å²) in [5.74, 6) is 0. The van der Waals surface area contributed by atoms with Gasteiger partial charge in [-0.1, -0.05) is 25.3 Å². The predicted octanol–water partition coefficient (Wildman–Crippen LogP) is 0.138. The summed E-state index contributed by atoms with van der Waals surface area (Å²) in [5, 5.41) is 0. The molecule has 0 aromatic rings. The number of hydrogen-bond acceptors (Lipinski definition) is 2. The molecule has 0 spiro atoms. The van der Waals surface area contributed by atoms with Crippen molar-refractivity contribution in [1.29, 1.82) is 0 Å². The lowest BCUT2D eigenvalue weighted by Crippen LogP contribution is -1.94. The van der Waals surface area contributed by atoms with E-state index in [1.54, 1.807) is 0 Å². The highest BCUT2D eigenvalue weighted by Gasteiger charge is 1.74. The van der Waals surface area contributed by atoms with E-state index in [9.17, 15) is 0 Å². The Morgan fingerprint density at radius 2 is 1.50 bits per heavy atom. The average molecular weight is 156 g/mol. The Labute approximate surface area is 58.7 Å². The van der Waals surface area contributed by atoms with Gasteiger partial charge < -0.3 is 29.0 Å². The molecule has 0 aliphatic rings. The van der Waals surface area contributed by atoms with Crippen molar-refractivity contribution in [3.8, 4) is 0 Å². The molecule has 0 aliphatic heterocycles. The van der Waals surface area contributed by atoms with Crippen molar-refractivity contribution in [3.05, 3.63) is 0 Å². The lowest BCUT2D eigenvalue weighted by molar-refractivity contribution is -0.110. The van der Waals surface area contributed by atoms with E-state index in [2.05, 4.69) is 50.9 Å². The predicted molar refractivity (Wildman–Crippen MR) is 38.0 cm³/mol. The van der Waals surface area contributed by atoms with Crippen molar-refractivity contribution in [1.82, 2.24) is 0 Å². The molecule has 0 bridgehead atoms. The van der Waals surface area contributed by atoms with Crippen LogP contribution in [-0.4, -0.2) is 7.76 Å². The zero-order valence-electron chi connectivity index (χ0n) is 2.66. The van der Waals surface area contributed by atoms with Gasteiger partial charge in [0.25, 0.3) is 0 Å². The van der Waals surface area contributed by atoms with Crippen LogP contribution < -0.4 is 0 Å². The second-order valence-corrected chi connectivity index (χ2v) is 2.72. The van der Waals surface area contributed by atoms with Crippen LogP contribution in [0.2, 0.25) is 0 Å². The molecule has 0 rings (SSSR count). The van der Waals surface area contributed by atoms with Gasteiger partial charge in [0.2, 0.25) is 4.38 Å². The highest BCUT2D eigenvalue weighted by atomic mass is 32.2. The van der Waals surface area contributed by atoms with E-state index >= 15 is 0 Å². The van der Waals surface area contributed by atoms with E-state index in [-0.39, 0.29) is 0 Å². The molecule has 1 nitrogen and oxygen atoms in total. The van der Waals surface area contributed by atoms with E-state index in [1.165, 1.54) is 0 Å². The quantitative estimate of drug-likeness (QED) is 0.169. The first-order valence-corrected chi connectivity index (χ1v) is 2.66. The maximum absolute atomic E-state index is 4.36. The highest BCUT2D eigenvalue weighted by Crippen LogP contribution is 1.85. The summed E-state index contributed by atoms with van der Waals surface area (Å²) in [4.78, 5) is 0. The third-order valence-electron chi connectivity index (χ3n) is 0.163. The van der Waals surface area contributed by atoms with Crippen LogP contribution in [0.15, 0.2) is 0 Å². The molecular weight excluding hydrogens is 154 g/mol. The fourth-order valence-corrected chi connectivity index (χ4v) is 0. The summed E-state index contributed by atoms with van der Waals surface area (Å²) in [6, 6.07) is 0. The SMILES string of the molecule is [S-][N+]([S-])=C(S)S. The topological polar surface area (TPSA) is 3.01 Å². The lowest BCUT2D eigenvalue weighted by atomic mass is 11.7. The smallest absolute Gasteiger partial charge is 0.234 e. The van der Waals surface area contributed by atoms with Crippen LogP contribution in [0.25, 0.3) is 0 Å². The van der Waals surface area contributed by atoms with Crippen LogP contribution >= 0.6 is 25.3 Å². The molecule has 0 heterocycles. The molecule has 0 saturated carbocycles. The average Bonchev–Trinajstić information content (AvgIpc) is 1.36. The van der Waals surface area contributed by atoms with Crippen LogP contribution in [0, 0.1) is 0 Å². The summed E-state index contributed by atoms with van der Waals surface area (Å²) in [6.07, 6.45) is 0. The molecule has 0 atom stereocenters. The Balaban J connectivity index is 3.68. The third-order valence-corrected chi connectivity index (χ3v) is 1.47. The molecule has 0 N–H and O–H groups in total. The Bertz CT molecular complexity index is 57.6. The van der Waals surface area contributed by atoms with E-state index in [1.807, 2.05) is 0 Å². The molecule has 5 heteroatoms. The first kappa shape index (κ1) is 6.81. The molecule has 0 fully saturated rings. The van der Waals surface area contributed by atoms with E-state index < -0.39 is 0 Å². The van der Waals surface area contributed by atoms with Crippen molar-refractivity contribution in [2.75, 3.05) is 0 Å². The minimum absolute atomic E-state index is 0.361. The lowest BCUT2D eigenvalue weighted by Gasteiger charge is -2.06. The fraction of sp³-hybridized carbons (Fsp3) is 0. The molecule has 0 aromatic heterocycles. The Hall–Kier alpha value is 0.810. The highest BCUT2D eigenvalue weighted by molar-refractivity contribution is 8.23. The fourth-order valence-electron chi connectivity index (χ4n) is 0. The second kappa shape index (κ2) is 2.90. The van der Waals surface area contributed by atoms with E-state index in [0.29, 0.717) is 4.38 Å². The van der Waals surface area contributed by atoms with E-state index in [0.717, 1.165) is 3.39 Å². The minimum Gasteiger partial charge on any atom is -0.452 e. The molecule has 0 saturated heterocycles. The van der Waals surface area contributed by atoms with Gasteiger partial charge in [0, 0.05) is 0 Å². The number of hydrogen-bond donors (Lipinski definition) is 2. The first-order valence-electron chi connectivity index (χ1n) is 1.04. The molecule has 0 unspecified atom stereocenters. The molecule has 0 aromatic carbocycles. The van der Waals surface area contributed by atoms with Gasteiger partial charge >= 0.3 is 0 Å². The summed E-state index contributed by atoms with van der Waals surface area (Å²) in [6.45, 7) is 0. The molecule has 0 amide bonds. The summed E-state index contributed by atoms with van der Waals surface area (Å²) in [7, 11) is 0. The van der Waals surface area contributed by atoms with E-state index in [4.69, 9.17) is 0 Å². The molecule has 0 aliphatic carbocycles. The largest absolute Gasteiger partial charge is 0.452 e. The van der Waals surface area contributed by atoms with Gasteiger partial charge in [-0.3, -0.25) is 0 Å². The molecule has 0 radical (unpaired) electrons. The van der Waals surface area contributed by atoms with Crippen molar-refractivity contribution in [3.63, 3.8) is 0 Å². The van der Waals surface area contributed by atoms with Gasteiger partial charge in [-0.15, -0.1) is 0 Å². The van der Waals surface area contributed by atoms with Crippen molar-refractivity contribution in [2.45, 2.75) is 0 Å². The normalized spacial score (nSPS) is 7.67. The Kier molecular flexibility index (Phi) is 3.29. The van der Waals surface area contributed by atoms with Crippen LogP contribution in [0.3, 0.4) is 0 Å². The Morgan fingerprint density at radius 1 is 1.33 bits per heavy atom. The van der Waals surface area contributed by atoms with Gasteiger partial charge in [-0.2, -0.15) is 0 Å². The van der Waals surface area contributed by atoms with Crippen molar-refractivity contribution in [2.24, 2.45) is 0 Å². The van der Waals surface area contributed by atoms with Gasteiger partial charge in [0.1, 0.15) is 0 Å². The molecule has 36 valence electrons. The number of rotatable bonds is 0. The molecular formula is CH2NS4-. The van der Waals surface area contributed by atoms with Crippen LogP contribution in [0.5, 0.6) is 0 Å². The standard InChI is InChI=1S/CH2NS4/c3-1(4)2(5)6/h(H2-,3,4,5,6)/q-1. The maximum atomic E-state index is 4.36. The van der Waals surface area contributed by atoms with Gasteiger partial charge in [0.05, 0.1) is 0 Å². The molecule has 6 heavy (non-hydrogen) atoms. The zero-order valence-corrected chi connectivity index (χ0v) is 6.08. The van der Waals surface area contributed by atoms with Crippen molar-refractivity contribution >= 4 is 55.3 Å². The number of nitrogens with zero attached hydrogens (tertiary/aromatic N) is 1. The summed E-state index contributed by atoms with van der Waals surface area (Å²) < 4.78 is 1.34.